The van der Waals surface area contributed by atoms with Crippen LogP contribution in [-0.4, -0.2) is 24.3 Å². The van der Waals surface area contributed by atoms with Crippen LogP contribution in [0.3, 0.4) is 0 Å². The highest BCUT2D eigenvalue weighted by molar-refractivity contribution is 6.02. The Hall–Kier alpha value is -2.82. The molecule has 0 atom stereocenters. The van der Waals surface area contributed by atoms with E-state index in [4.69, 9.17) is 0 Å². The van der Waals surface area contributed by atoms with Gasteiger partial charge in [-0.15, -0.1) is 0 Å². The monoisotopic (exact) mass is 275 g/mol. The molecule has 4 rings (SSSR count). The highest BCUT2D eigenvalue weighted by Crippen LogP contribution is 2.28. The van der Waals surface area contributed by atoms with Crippen molar-refractivity contribution in [1.29, 1.82) is 0 Å². The lowest BCUT2D eigenvalue weighted by molar-refractivity contribution is 0.929. The average molecular weight is 275 g/mol. The third-order valence-electron chi connectivity index (χ3n) is 3.52. The quantitative estimate of drug-likeness (QED) is 0.536. The number of rotatable bonds is 1. The number of aromatic nitrogens is 5. The van der Waals surface area contributed by atoms with Gasteiger partial charge in [0.25, 0.3) is 0 Å². The molecule has 5 heteroatoms. The zero-order valence-corrected chi connectivity index (χ0v) is 11.8. The van der Waals surface area contributed by atoms with E-state index in [2.05, 4.69) is 32.1 Å². The number of hydrogen-bond donors (Lipinski definition) is 0. The topological polar surface area (TPSA) is 56.0 Å². The summed E-state index contributed by atoms with van der Waals surface area (Å²) in [6.45, 7) is 3.77. The lowest BCUT2D eigenvalue weighted by Crippen LogP contribution is -1.99. The van der Waals surface area contributed by atoms with Crippen molar-refractivity contribution in [3.63, 3.8) is 0 Å². The summed E-state index contributed by atoms with van der Waals surface area (Å²) in [6, 6.07) is 8.20. The summed E-state index contributed by atoms with van der Waals surface area (Å²) in [6.07, 6.45) is 5.76. The van der Waals surface area contributed by atoms with E-state index in [9.17, 15) is 0 Å². The van der Waals surface area contributed by atoms with Crippen LogP contribution in [0, 0.1) is 13.8 Å². The van der Waals surface area contributed by atoms with Gasteiger partial charge >= 0.3 is 0 Å². The third-order valence-corrected chi connectivity index (χ3v) is 3.52. The number of hydrogen-bond acceptors (Lipinski definition) is 4. The summed E-state index contributed by atoms with van der Waals surface area (Å²) in [7, 11) is 0. The molecule has 0 N–H and O–H groups in total. The van der Waals surface area contributed by atoms with Gasteiger partial charge in [0.05, 0.1) is 0 Å². The Kier molecular flexibility index (Phi) is 2.47. The molecule has 0 fully saturated rings. The Balaban J connectivity index is 2.08. The predicted molar refractivity (Wildman–Crippen MR) is 81.0 cm³/mol. The number of nitrogens with zero attached hydrogens (tertiary/aromatic N) is 5. The van der Waals surface area contributed by atoms with E-state index >= 15 is 0 Å². The Morgan fingerprint density at radius 3 is 2.48 bits per heavy atom. The molecule has 0 aliphatic carbocycles. The van der Waals surface area contributed by atoms with Gasteiger partial charge < -0.3 is 4.40 Å². The molecule has 1 aromatic carbocycles. The molecule has 0 amide bonds. The second-order valence-corrected chi connectivity index (χ2v) is 4.99. The molecule has 0 saturated heterocycles. The first kappa shape index (κ1) is 12.0. The van der Waals surface area contributed by atoms with Gasteiger partial charge in [-0.25, -0.2) is 19.9 Å². The average Bonchev–Trinajstić information content (AvgIpc) is 2.94. The highest BCUT2D eigenvalue weighted by Gasteiger charge is 2.10. The van der Waals surface area contributed by atoms with Gasteiger partial charge in [0.1, 0.15) is 17.3 Å². The zero-order chi connectivity index (χ0) is 14.4. The minimum absolute atomic E-state index is 0.710. The largest absolute Gasteiger partial charge is 0.307 e. The first-order chi connectivity index (χ1) is 10.2. The van der Waals surface area contributed by atoms with Crippen LogP contribution in [0.2, 0.25) is 0 Å². The molecule has 0 aliphatic heterocycles. The summed E-state index contributed by atoms with van der Waals surface area (Å²) in [5.41, 5.74) is 1.95. The van der Waals surface area contributed by atoms with Gasteiger partial charge in [0.2, 0.25) is 0 Å². The fourth-order valence-electron chi connectivity index (χ4n) is 2.67. The minimum atomic E-state index is 0.710. The van der Waals surface area contributed by atoms with Crippen molar-refractivity contribution in [2.24, 2.45) is 0 Å². The van der Waals surface area contributed by atoms with Crippen LogP contribution in [0.5, 0.6) is 0 Å². The molecule has 0 radical (unpaired) electrons. The van der Waals surface area contributed by atoms with Crippen molar-refractivity contribution in [2.45, 2.75) is 13.8 Å². The molecule has 0 unspecified atom stereocenters. The van der Waals surface area contributed by atoms with E-state index in [1.807, 2.05) is 42.8 Å². The van der Waals surface area contributed by atoms with E-state index in [1.54, 1.807) is 6.20 Å². The molecular weight excluding hydrogens is 262 g/mol. The lowest BCUT2D eigenvalue weighted by Gasteiger charge is -2.07. The zero-order valence-electron chi connectivity index (χ0n) is 11.8. The van der Waals surface area contributed by atoms with Gasteiger partial charge in [-0.05, 0) is 25.3 Å². The summed E-state index contributed by atoms with van der Waals surface area (Å²) < 4.78 is 2.01. The summed E-state index contributed by atoms with van der Waals surface area (Å²) in [4.78, 5) is 17.6. The number of imidazole rings is 1. The van der Waals surface area contributed by atoms with Gasteiger partial charge in [0, 0.05) is 29.5 Å². The predicted octanol–water partition coefficient (Wildman–Crippen LogP) is 2.96. The normalized spacial score (nSPS) is 11.3. The van der Waals surface area contributed by atoms with E-state index < -0.39 is 0 Å². The Labute approximate surface area is 121 Å². The number of fused-ring (bicyclic) bond motifs is 3. The van der Waals surface area contributed by atoms with Gasteiger partial charge in [0.15, 0.2) is 5.82 Å². The second kappa shape index (κ2) is 4.34. The van der Waals surface area contributed by atoms with Crippen molar-refractivity contribution >= 4 is 16.4 Å². The molecule has 0 saturated carbocycles. The van der Waals surface area contributed by atoms with Gasteiger partial charge in [-0.3, -0.25) is 0 Å². The fourth-order valence-corrected chi connectivity index (χ4v) is 2.67. The summed E-state index contributed by atoms with van der Waals surface area (Å²) in [5, 5.41) is 2.19. The summed E-state index contributed by atoms with van der Waals surface area (Å²) in [5.74, 6) is 2.18. The Morgan fingerprint density at radius 1 is 0.857 bits per heavy atom. The summed E-state index contributed by atoms with van der Waals surface area (Å²) >= 11 is 0. The first-order valence-electron chi connectivity index (χ1n) is 6.76. The fraction of sp³-hybridized carbons (Fsp3) is 0.125. The van der Waals surface area contributed by atoms with E-state index in [1.165, 1.54) is 0 Å². The molecule has 5 nitrogen and oxygen atoms in total. The van der Waals surface area contributed by atoms with Crippen molar-refractivity contribution in [3.8, 4) is 11.4 Å². The van der Waals surface area contributed by atoms with Crippen molar-refractivity contribution < 1.29 is 0 Å². The van der Waals surface area contributed by atoms with Gasteiger partial charge in [-0.1, -0.05) is 18.2 Å². The van der Waals surface area contributed by atoms with E-state index in [-0.39, 0.29) is 0 Å². The highest BCUT2D eigenvalue weighted by atomic mass is 15.0. The van der Waals surface area contributed by atoms with Crippen molar-refractivity contribution in [2.75, 3.05) is 0 Å². The molecule has 0 spiro atoms. The Morgan fingerprint density at radius 2 is 1.67 bits per heavy atom. The minimum Gasteiger partial charge on any atom is -0.307 e. The third kappa shape index (κ3) is 1.86. The van der Waals surface area contributed by atoms with Crippen LogP contribution >= 0.6 is 0 Å². The van der Waals surface area contributed by atoms with E-state index in [0.717, 1.165) is 33.6 Å². The van der Waals surface area contributed by atoms with Crippen LogP contribution in [0.25, 0.3) is 27.8 Å². The maximum Gasteiger partial charge on any atom is 0.163 e. The van der Waals surface area contributed by atoms with Crippen molar-refractivity contribution in [1.82, 2.24) is 24.3 Å². The van der Waals surface area contributed by atoms with Crippen LogP contribution < -0.4 is 0 Å². The molecule has 0 bridgehead atoms. The molecule has 3 aromatic heterocycles. The van der Waals surface area contributed by atoms with Gasteiger partial charge in [-0.2, -0.15) is 0 Å². The van der Waals surface area contributed by atoms with Crippen LogP contribution in [0.1, 0.15) is 11.6 Å². The van der Waals surface area contributed by atoms with Crippen LogP contribution in [-0.2, 0) is 0 Å². The van der Waals surface area contributed by atoms with E-state index in [0.29, 0.717) is 5.82 Å². The molecule has 21 heavy (non-hydrogen) atoms. The maximum atomic E-state index is 4.47. The lowest BCUT2D eigenvalue weighted by atomic mass is 10.1. The van der Waals surface area contributed by atoms with Crippen molar-refractivity contribution in [3.05, 3.63) is 54.5 Å². The second-order valence-electron chi connectivity index (χ2n) is 4.99. The Bertz CT molecular complexity index is 951. The number of benzene rings is 1. The number of aryl methyl sites for hydroxylation is 2. The van der Waals surface area contributed by atoms with Crippen LogP contribution in [0.15, 0.2) is 42.9 Å². The molecule has 3 heterocycles. The molecule has 4 aromatic rings. The first-order valence-corrected chi connectivity index (χ1v) is 6.76. The molecule has 0 aliphatic rings. The van der Waals surface area contributed by atoms with Crippen LogP contribution in [0.4, 0.5) is 0 Å². The smallest absolute Gasteiger partial charge is 0.163 e. The molecular formula is C16H13N5. The molecule has 102 valence electrons. The maximum absolute atomic E-state index is 4.47. The standard InChI is InChI=1S/C16H13N5/c1-10-18-11(2)20-15(19-10)13-4-3-5-14-12(13)6-8-21-9-7-17-16(14)21/h3-9H,1-2H3. The SMILES string of the molecule is Cc1nc(C)nc(-c2cccc3c2ccn2ccnc32)n1. The number of pyridine rings is 1.